The average molecular weight is 1650 g/mol. The summed E-state index contributed by atoms with van der Waals surface area (Å²) >= 11 is 0. The van der Waals surface area contributed by atoms with Gasteiger partial charge in [0.2, 0.25) is 0 Å². The first kappa shape index (κ1) is 89.5. The minimum Gasteiger partial charge on any atom is -0.487 e. The molecule has 13 rings (SSSR count). The van der Waals surface area contributed by atoms with E-state index in [-0.39, 0.29) is 37.3 Å². The zero-order chi connectivity index (χ0) is 85.2. The molecule has 2 aliphatic carbocycles. The van der Waals surface area contributed by atoms with E-state index in [0.717, 1.165) is 133 Å². The van der Waals surface area contributed by atoms with Crippen LogP contribution in [-0.4, -0.2) is 256 Å². The number of nitrogens with one attached hydrogen (secondary N) is 2. The van der Waals surface area contributed by atoms with Crippen molar-refractivity contribution in [1.82, 2.24) is 39.5 Å². The van der Waals surface area contributed by atoms with Gasteiger partial charge < -0.3 is 86.4 Å². The first-order valence-corrected chi connectivity index (χ1v) is 43.0. The Balaban J connectivity index is 1.05. The van der Waals surface area contributed by atoms with Gasteiger partial charge >= 0.3 is 0 Å². The highest BCUT2D eigenvalue weighted by molar-refractivity contribution is 5.96. The fourth-order valence-electron chi connectivity index (χ4n) is 17.1. The van der Waals surface area contributed by atoms with Gasteiger partial charge in [-0.15, -0.1) is 0 Å². The van der Waals surface area contributed by atoms with Gasteiger partial charge in [0, 0.05) is 72.6 Å². The molecule has 642 valence electrons. The van der Waals surface area contributed by atoms with Crippen LogP contribution in [0.4, 0.5) is 0 Å². The zero-order valence-corrected chi connectivity index (χ0v) is 73.5. The summed E-state index contributed by atoms with van der Waals surface area (Å²) in [6.45, 7) is 9.93. The molecule has 4 aliphatic rings. The molecule has 0 fully saturated rings. The van der Waals surface area contributed by atoms with E-state index in [4.69, 9.17) is 66.8 Å². The third-order valence-corrected chi connectivity index (χ3v) is 22.9. The molecule has 122 heavy (non-hydrogen) atoms. The Kier molecular flexibility index (Phi) is 32.4. The Morgan fingerprint density at radius 1 is 0.303 bits per heavy atom. The summed E-state index contributed by atoms with van der Waals surface area (Å²) in [7, 11) is 24.0. The van der Waals surface area contributed by atoms with Crippen LogP contribution in [0, 0.1) is 23.7 Å². The fraction of sp³-hybridized carbons (Fsp3) is 0.412. The van der Waals surface area contributed by atoms with Gasteiger partial charge in [-0.3, -0.25) is 0 Å². The molecule has 0 unspecified atom stereocenters. The van der Waals surface area contributed by atoms with Crippen LogP contribution < -0.4 is 18.9 Å². The van der Waals surface area contributed by atoms with Crippen molar-refractivity contribution in [2.24, 2.45) is 0 Å². The predicted octanol–water partition coefficient (Wildman–Crippen LogP) is 16.9. The molecule has 2 aliphatic heterocycles. The van der Waals surface area contributed by atoms with Crippen molar-refractivity contribution in [3.05, 3.63) is 213 Å². The van der Waals surface area contributed by atoms with E-state index < -0.39 is 0 Å². The van der Waals surface area contributed by atoms with Crippen LogP contribution in [0.25, 0.3) is 90.9 Å². The number of hydrogen-bond donors (Lipinski definition) is 2. The minimum atomic E-state index is -0.213. The van der Waals surface area contributed by atoms with Crippen LogP contribution in [-0.2, 0) is 48.7 Å². The highest BCUT2D eigenvalue weighted by Crippen LogP contribution is 2.56. The summed E-state index contributed by atoms with van der Waals surface area (Å²) in [4.78, 5) is 28.6. The van der Waals surface area contributed by atoms with Crippen LogP contribution in [0.1, 0.15) is 119 Å². The van der Waals surface area contributed by atoms with Crippen molar-refractivity contribution in [2.75, 3.05) is 217 Å². The Hall–Kier alpha value is -10.2. The van der Waals surface area contributed by atoms with Gasteiger partial charge in [0.25, 0.3) is 0 Å². The molecule has 0 spiro atoms. The molecule has 0 radical (unpaired) electrons. The first-order chi connectivity index (χ1) is 59.6. The third-order valence-electron chi connectivity index (χ3n) is 22.9. The summed E-state index contributed by atoms with van der Waals surface area (Å²) < 4.78 is 71.2. The van der Waals surface area contributed by atoms with E-state index in [0.29, 0.717) is 136 Å². The molecule has 20 heteroatoms. The molecular formula is C102H122N8O12. The predicted molar refractivity (Wildman–Crippen MR) is 491 cm³/mol. The summed E-state index contributed by atoms with van der Waals surface area (Å²) in [6, 6.07) is 52.4. The number of methoxy groups -OCH3 is 4. The van der Waals surface area contributed by atoms with Gasteiger partial charge in [0.05, 0.1) is 124 Å². The molecule has 2 N–H and O–H groups in total. The Labute approximate surface area is 721 Å². The summed E-state index contributed by atoms with van der Waals surface area (Å²) in [5.41, 5.74) is 22.3. The molecule has 0 atom stereocenters. The monoisotopic (exact) mass is 1650 g/mol. The van der Waals surface area contributed by atoms with Crippen molar-refractivity contribution in [1.29, 1.82) is 0 Å². The maximum Gasteiger partial charge on any atom is 0.161 e. The molecule has 0 amide bonds. The van der Waals surface area contributed by atoms with Gasteiger partial charge in [-0.2, -0.15) is 0 Å². The van der Waals surface area contributed by atoms with Crippen LogP contribution in [0.5, 0.6) is 23.0 Å². The number of aromatic nitrogens is 4. The second-order valence-electron chi connectivity index (χ2n) is 32.5. The van der Waals surface area contributed by atoms with E-state index >= 15 is 0 Å². The fourth-order valence-corrected chi connectivity index (χ4v) is 17.1. The molecular weight excluding hydrogens is 1530 g/mol. The van der Waals surface area contributed by atoms with Gasteiger partial charge in [-0.05, 0) is 287 Å². The smallest absolute Gasteiger partial charge is 0.161 e. The van der Waals surface area contributed by atoms with E-state index in [1.165, 1.54) is 44.5 Å². The summed E-state index contributed by atoms with van der Waals surface area (Å²) in [5.74, 6) is 17.3. The van der Waals surface area contributed by atoms with Crippen molar-refractivity contribution in [3.63, 3.8) is 0 Å². The van der Waals surface area contributed by atoms with Crippen molar-refractivity contribution in [2.45, 2.75) is 62.2 Å². The lowest BCUT2D eigenvalue weighted by Crippen LogP contribution is -2.29. The van der Waals surface area contributed by atoms with Gasteiger partial charge in [0.1, 0.15) is 26.4 Å². The Morgan fingerprint density at radius 2 is 0.623 bits per heavy atom. The topological polar surface area (TPSA) is 181 Å². The molecule has 5 heterocycles. The molecule has 20 nitrogen and oxygen atoms in total. The Bertz CT molecular complexity index is 5030. The maximum absolute atomic E-state index is 6.68. The molecule has 8 bridgehead atoms. The summed E-state index contributed by atoms with van der Waals surface area (Å²) in [5, 5.41) is 0. The van der Waals surface area contributed by atoms with Crippen molar-refractivity contribution < 1.29 is 56.8 Å². The van der Waals surface area contributed by atoms with E-state index in [1.807, 2.05) is 24.3 Å². The number of nitrogens with zero attached hydrogens (tertiary/aromatic N) is 6. The lowest BCUT2D eigenvalue weighted by molar-refractivity contribution is 0.0499. The maximum atomic E-state index is 6.68. The molecule has 9 aromatic rings. The van der Waals surface area contributed by atoms with E-state index in [2.05, 4.69) is 255 Å². The number of fused-ring (bicyclic) bond motifs is 14. The van der Waals surface area contributed by atoms with E-state index in [1.54, 1.807) is 28.4 Å². The zero-order valence-electron chi connectivity index (χ0n) is 73.5. The average Bonchev–Trinajstić information content (AvgIpc) is 1.57. The van der Waals surface area contributed by atoms with Crippen molar-refractivity contribution in [3.8, 4) is 91.2 Å². The summed E-state index contributed by atoms with van der Waals surface area (Å²) in [6.07, 6.45) is 16.5. The third kappa shape index (κ3) is 22.2. The lowest BCUT2D eigenvalue weighted by atomic mass is 9.71. The number of rotatable bonds is 46. The highest BCUT2D eigenvalue weighted by atomic mass is 16.6. The van der Waals surface area contributed by atoms with Gasteiger partial charge in [-0.25, -0.2) is 9.97 Å². The largest absolute Gasteiger partial charge is 0.487 e. The number of ether oxygens (including phenoxy) is 12. The van der Waals surface area contributed by atoms with Crippen LogP contribution in [0.15, 0.2) is 146 Å². The van der Waals surface area contributed by atoms with Crippen LogP contribution >= 0.6 is 0 Å². The SMILES string of the molecule is COCCOCCOc1ccc(-c2c3nc(c(C#Cc4ccc5c(c4)C(CCCN(C)C)(CCCN(C)C)c4ccccc4-5)c4ccc([nH]4)c(-c4ccc(OCCOCCOC)c(OCCOCCOC)c4)c4nc(c(C#Cc5ccc6c(c5)C(CCCN(C)C)(CCCN(C)C)c5ccccc5-6)c5ccc2[nH]5)C=C4)C=C3)cc1OCCOCCOC. The van der Waals surface area contributed by atoms with Gasteiger partial charge in [-0.1, -0.05) is 96.5 Å². The van der Waals surface area contributed by atoms with Gasteiger partial charge in [0.15, 0.2) is 23.0 Å². The molecule has 0 saturated carbocycles. The number of aromatic amines is 2. The van der Waals surface area contributed by atoms with Crippen LogP contribution in [0.3, 0.4) is 0 Å². The second-order valence-corrected chi connectivity index (χ2v) is 32.5. The van der Waals surface area contributed by atoms with E-state index in [9.17, 15) is 0 Å². The standard InChI is InChI=1S/C102H122N8O12/c1-107(2)49-17-45-101(46-18-50-108(3)4)83-23-15-13-21-77(83)79-31-25-73(69-85(79)101)27-33-81-87-35-39-91(103-87)99(75-29-43-95(119-65-61-115-57-53-111-9)97(71-75)121-67-63-117-59-55-113-11)93-41-37-89(105-93)82(34-28-74-26-32-80-78-22-14-16-24-84(78)102(86(80)70-74,47-19-51-109(5)6)48-20-52-110(7)8)90-38-42-94(106-90)100(92-40-36-88(81)104-92)76-30-44-96(120-66-62-116-58-54-112-10)98(72-76)122-68-64-118-60-56-114-12/h13-16,21-26,29-32,35-44,69-72,103,106H,17-20,45-68H2,1-12H3. The highest BCUT2D eigenvalue weighted by Gasteiger charge is 2.44. The number of H-pyrrole nitrogens is 2. The second kappa shape index (κ2) is 44.2. The molecule has 3 aromatic heterocycles. The number of benzene rings is 6. The normalized spacial score (nSPS) is 13.2. The lowest BCUT2D eigenvalue weighted by Gasteiger charge is -2.33. The first-order valence-electron chi connectivity index (χ1n) is 43.0. The quantitative estimate of drug-likeness (QED) is 0.0271. The van der Waals surface area contributed by atoms with Crippen LogP contribution in [0.2, 0.25) is 0 Å². The molecule has 0 saturated heterocycles. The Morgan fingerprint density at radius 3 is 0.975 bits per heavy atom. The molecule has 6 aromatic carbocycles. The minimum absolute atomic E-state index is 0.213. The number of hydrogen-bond acceptors (Lipinski definition) is 18. The van der Waals surface area contributed by atoms with Crippen molar-refractivity contribution >= 4 is 46.4 Å².